The molecule has 0 saturated carbocycles. The lowest BCUT2D eigenvalue weighted by Crippen LogP contribution is -2.27. The topological polar surface area (TPSA) is 76.4 Å². The van der Waals surface area contributed by atoms with Gasteiger partial charge >= 0.3 is 0 Å². The molecular weight excluding hydrogens is 407 g/mol. The average molecular weight is 435 g/mol. The van der Waals surface area contributed by atoms with Crippen molar-refractivity contribution >= 4 is 22.2 Å². The number of imidazole rings is 1. The van der Waals surface area contributed by atoms with Crippen molar-refractivity contribution in [3.8, 4) is 11.3 Å². The number of halogens is 1. The van der Waals surface area contributed by atoms with Gasteiger partial charge in [0.05, 0.1) is 35.4 Å². The van der Waals surface area contributed by atoms with E-state index in [1.54, 1.807) is 11.6 Å². The molecule has 1 fully saturated rings. The van der Waals surface area contributed by atoms with E-state index in [1.165, 1.54) is 12.1 Å². The second-order valence-electron chi connectivity index (χ2n) is 8.30. The summed E-state index contributed by atoms with van der Waals surface area (Å²) in [5, 5.41) is 12.3. The third-order valence-corrected chi connectivity index (χ3v) is 5.98. The normalized spacial score (nSPS) is 15.0. The van der Waals surface area contributed by atoms with Crippen LogP contribution in [0.25, 0.3) is 27.8 Å². The zero-order chi connectivity index (χ0) is 22.1. The second-order valence-corrected chi connectivity index (χ2v) is 8.30. The number of fused-ring (bicyclic) bond motifs is 2. The fourth-order valence-electron chi connectivity index (χ4n) is 4.39. The van der Waals surface area contributed by atoms with Crippen molar-refractivity contribution in [1.29, 1.82) is 0 Å². The number of benzene rings is 1. The number of hydrogen-bond donors (Lipinski definition) is 2. The van der Waals surface area contributed by atoms with Gasteiger partial charge in [-0.1, -0.05) is 6.07 Å². The number of piperidine rings is 1. The largest absolute Gasteiger partial charge is 0.383 e. The van der Waals surface area contributed by atoms with Crippen molar-refractivity contribution in [2.24, 2.45) is 0 Å². The summed E-state index contributed by atoms with van der Waals surface area (Å²) >= 11 is 0. The van der Waals surface area contributed by atoms with Crippen molar-refractivity contribution in [2.75, 3.05) is 38.7 Å². The summed E-state index contributed by atoms with van der Waals surface area (Å²) in [4.78, 5) is 9.59. The number of ether oxygens (including phenoxy) is 1. The molecule has 2 N–H and O–H groups in total. The average Bonchev–Trinajstić information content (AvgIpc) is 3.19. The lowest BCUT2D eigenvalue weighted by molar-refractivity contribution is 0.211. The Morgan fingerprint density at radius 3 is 2.84 bits per heavy atom. The number of pyridine rings is 1. The predicted molar refractivity (Wildman–Crippen MR) is 124 cm³/mol. The third-order valence-electron chi connectivity index (χ3n) is 5.98. The Hall–Kier alpha value is -3.10. The molecule has 5 rings (SSSR count). The molecule has 3 aromatic heterocycles. The molecular formula is C24H27FN6O. The molecule has 7 nitrogen and oxygen atoms in total. The molecule has 1 aromatic carbocycles. The van der Waals surface area contributed by atoms with E-state index < -0.39 is 0 Å². The highest BCUT2D eigenvalue weighted by Crippen LogP contribution is 2.32. The molecule has 4 aromatic rings. The van der Waals surface area contributed by atoms with Crippen LogP contribution in [0.4, 0.5) is 10.1 Å². The van der Waals surface area contributed by atoms with Gasteiger partial charge in [0.25, 0.3) is 0 Å². The maximum Gasteiger partial charge on any atom is 0.177 e. The van der Waals surface area contributed by atoms with Gasteiger partial charge in [0.15, 0.2) is 5.65 Å². The number of aryl methyl sites for hydroxylation is 1. The lowest BCUT2D eigenvalue weighted by Gasteiger charge is -2.22. The molecule has 0 aliphatic carbocycles. The van der Waals surface area contributed by atoms with Gasteiger partial charge in [-0.05, 0) is 57.1 Å². The number of rotatable bonds is 6. The van der Waals surface area contributed by atoms with Crippen molar-refractivity contribution < 1.29 is 9.13 Å². The maximum atomic E-state index is 14.6. The number of anilines is 1. The molecule has 0 bridgehead atoms. The summed E-state index contributed by atoms with van der Waals surface area (Å²) in [6.45, 7) is 5.11. The SMILES string of the molecule is COCCNc1cc(-c2cc(F)cc3ccc(C4CCNCC4)nc23)nn2cc(C)nc12. The van der Waals surface area contributed by atoms with Crippen LogP contribution in [0.15, 0.2) is 36.5 Å². The number of hydrogen-bond acceptors (Lipinski definition) is 6. The van der Waals surface area contributed by atoms with Gasteiger partial charge in [0, 0.05) is 36.2 Å². The molecule has 4 heterocycles. The third kappa shape index (κ3) is 4.03. The van der Waals surface area contributed by atoms with Crippen molar-refractivity contribution in [1.82, 2.24) is 24.9 Å². The van der Waals surface area contributed by atoms with Crippen molar-refractivity contribution in [3.05, 3.63) is 53.7 Å². The van der Waals surface area contributed by atoms with E-state index in [0.29, 0.717) is 30.3 Å². The summed E-state index contributed by atoms with van der Waals surface area (Å²) in [7, 11) is 1.67. The monoisotopic (exact) mass is 434 g/mol. The van der Waals surface area contributed by atoms with Crippen molar-refractivity contribution in [2.45, 2.75) is 25.7 Å². The summed E-state index contributed by atoms with van der Waals surface area (Å²) < 4.78 is 21.5. The van der Waals surface area contributed by atoms with E-state index in [2.05, 4.69) is 15.6 Å². The molecule has 8 heteroatoms. The van der Waals surface area contributed by atoms with Gasteiger partial charge in [-0.2, -0.15) is 5.10 Å². The van der Waals surface area contributed by atoms with E-state index in [-0.39, 0.29) is 5.82 Å². The van der Waals surface area contributed by atoms with Crippen LogP contribution >= 0.6 is 0 Å². The van der Waals surface area contributed by atoms with Gasteiger partial charge in [0.1, 0.15) is 5.82 Å². The highest BCUT2D eigenvalue weighted by atomic mass is 19.1. The zero-order valence-corrected chi connectivity index (χ0v) is 18.4. The molecule has 0 atom stereocenters. The maximum absolute atomic E-state index is 14.6. The minimum absolute atomic E-state index is 0.304. The van der Waals surface area contributed by atoms with Gasteiger partial charge in [-0.3, -0.25) is 4.98 Å². The molecule has 1 aliphatic heterocycles. The van der Waals surface area contributed by atoms with Crippen LogP contribution in [0.3, 0.4) is 0 Å². The minimum atomic E-state index is -0.304. The van der Waals surface area contributed by atoms with E-state index in [9.17, 15) is 4.39 Å². The summed E-state index contributed by atoms with van der Waals surface area (Å²) in [5.74, 6) is 0.109. The molecule has 1 saturated heterocycles. The van der Waals surface area contributed by atoms with Crippen LogP contribution in [0.5, 0.6) is 0 Å². The van der Waals surface area contributed by atoms with Crippen LogP contribution in [0.1, 0.15) is 30.1 Å². The highest BCUT2D eigenvalue weighted by Gasteiger charge is 2.19. The van der Waals surface area contributed by atoms with Gasteiger partial charge in [0.2, 0.25) is 0 Å². The minimum Gasteiger partial charge on any atom is -0.383 e. The molecule has 0 radical (unpaired) electrons. The summed E-state index contributed by atoms with van der Waals surface area (Å²) in [6, 6.07) is 9.00. The predicted octanol–water partition coefficient (Wildman–Crippen LogP) is 3.92. The second kappa shape index (κ2) is 8.80. The Balaban J connectivity index is 1.65. The Morgan fingerprint density at radius 2 is 2.03 bits per heavy atom. The van der Waals surface area contributed by atoms with Gasteiger partial charge < -0.3 is 15.4 Å². The molecule has 0 amide bonds. The Labute approximate surface area is 186 Å². The van der Waals surface area contributed by atoms with Crippen LogP contribution in [0, 0.1) is 12.7 Å². The standard InChI is InChI=1S/C24H27FN6O/c1-15-14-31-24(28-15)22(27-9-10-32-2)13-21(30-31)19-12-18(25)11-17-3-4-20(29-23(17)19)16-5-7-26-8-6-16/h3-4,11-14,16,26-27H,5-10H2,1-2H3. The number of methoxy groups -OCH3 is 1. The van der Waals surface area contributed by atoms with Crippen LogP contribution in [-0.4, -0.2) is 52.9 Å². The molecule has 32 heavy (non-hydrogen) atoms. The van der Waals surface area contributed by atoms with E-state index >= 15 is 0 Å². The Morgan fingerprint density at radius 1 is 1.19 bits per heavy atom. The smallest absolute Gasteiger partial charge is 0.177 e. The van der Waals surface area contributed by atoms with Gasteiger partial charge in [-0.15, -0.1) is 0 Å². The Kier molecular flexibility index (Phi) is 5.71. The van der Waals surface area contributed by atoms with E-state index in [4.69, 9.17) is 14.8 Å². The summed E-state index contributed by atoms with van der Waals surface area (Å²) in [6.07, 6.45) is 3.98. The van der Waals surface area contributed by atoms with E-state index in [1.807, 2.05) is 31.3 Å². The van der Waals surface area contributed by atoms with Crippen LogP contribution in [0.2, 0.25) is 0 Å². The summed E-state index contributed by atoms with van der Waals surface area (Å²) in [5.41, 5.74) is 5.57. The van der Waals surface area contributed by atoms with E-state index in [0.717, 1.165) is 59.6 Å². The highest BCUT2D eigenvalue weighted by molar-refractivity contribution is 5.93. The van der Waals surface area contributed by atoms with Crippen LogP contribution in [-0.2, 0) is 4.74 Å². The first-order valence-corrected chi connectivity index (χ1v) is 11.0. The first-order valence-electron chi connectivity index (χ1n) is 11.0. The molecule has 0 unspecified atom stereocenters. The van der Waals surface area contributed by atoms with Crippen LogP contribution < -0.4 is 10.6 Å². The zero-order valence-electron chi connectivity index (χ0n) is 18.4. The first kappa shape index (κ1) is 20.8. The van der Waals surface area contributed by atoms with Crippen molar-refractivity contribution in [3.63, 3.8) is 0 Å². The fourth-order valence-corrected chi connectivity index (χ4v) is 4.39. The number of nitrogens with one attached hydrogen (secondary N) is 2. The number of aromatic nitrogens is 4. The molecule has 166 valence electrons. The molecule has 1 aliphatic rings. The number of nitrogens with zero attached hydrogens (tertiary/aromatic N) is 4. The fraction of sp³-hybridized carbons (Fsp3) is 0.375. The first-order chi connectivity index (χ1) is 15.6. The quantitative estimate of drug-likeness (QED) is 0.448. The Bertz CT molecular complexity index is 1260. The lowest BCUT2D eigenvalue weighted by atomic mass is 9.93. The molecule has 0 spiro atoms. The van der Waals surface area contributed by atoms with Gasteiger partial charge in [-0.25, -0.2) is 13.9 Å².